The molecule has 0 aliphatic carbocycles. The van der Waals surface area contributed by atoms with Gasteiger partial charge in [0, 0.05) is 32.7 Å². The Bertz CT molecular complexity index is 584. The largest absolute Gasteiger partial charge is 0.381 e. The number of carbonyl (C=O) groups excluding carboxylic acids is 1. The Hall–Kier alpha value is -1.66. The first kappa shape index (κ1) is 20.6. The second-order valence-electron chi connectivity index (χ2n) is 7.44. The normalized spacial score (nSPS) is 20.5. The molecule has 1 fully saturated rings. The molecule has 0 saturated carbocycles. The molecular weight excluding hydrogens is 335 g/mol. The monoisotopic (exact) mass is 366 g/mol. The molecule has 1 amide bonds. The Balaban J connectivity index is 1.82. The summed E-state index contributed by atoms with van der Waals surface area (Å²) in [7, 11) is 0. The van der Waals surface area contributed by atoms with Crippen molar-refractivity contribution in [1.29, 1.82) is 0 Å². The van der Waals surface area contributed by atoms with Gasteiger partial charge in [-0.25, -0.2) is 4.39 Å². The van der Waals surface area contributed by atoms with Crippen LogP contribution in [0.1, 0.15) is 39.7 Å². The minimum Gasteiger partial charge on any atom is -0.381 e. The fraction of sp³-hybridized carbons (Fsp3) is 0.650. The van der Waals surface area contributed by atoms with Gasteiger partial charge >= 0.3 is 0 Å². The molecule has 5 nitrogen and oxygen atoms in total. The summed E-state index contributed by atoms with van der Waals surface area (Å²) in [5.41, 5.74) is 1.33. The van der Waals surface area contributed by atoms with Crippen molar-refractivity contribution in [1.82, 2.24) is 5.32 Å². The maximum atomic E-state index is 14.5. The van der Waals surface area contributed by atoms with E-state index in [-0.39, 0.29) is 23.9 Å². The van der Waals surface area contributed by atoms with E-state index < -0.39 is 0 Å². The number of benzene rings is 1. The van der Waals surface area contributed by atoms with Crippen LogP contribution < -0.4 is 10.2 Å². The fourth-order valence-corrected chi connectivity index (χ4v) is 3.06. The van der Waals surface area contributed by atoms with Crippen LogP contribution in [0.15, 0.2) is 18.2 Å². The van der Waals surface area contributed by atoms with Crippen molar-refractivity contribution in [3.05, 3.63) is 29.6 Å². The average Bonchev–Trinajstić information content (AvgIpc) is 2.56. The van der Waals surface area contributed by atoms with E-state index in [1.165, 1.54) is 6.07 Å². The summed E-state index contributed by atoms with van der Waals surface area (Å²) in [6, 6.07) is 5.14. The quantitative estimate of drug-likeness (QED) is 0.718. The zero-order chi connectivity index (χ0) is 19.1. The summed E-state index contributed by atoms with van der Waals surface area (Å²) in [5.74, 6) is 0.101. The highest BCUT2D eigenvalue weighted by Gasteiger charge is 2.24. The Labute approximate surface area is 155 Å². The van der Waals surface area contributed by atoms with Crippen LogP contribution in [-0.4, -0.2) is 44.4 Å². The molecule has 2 atom stereocenters. The van der Waals surface area contributed by atoms with Gasteiger partial charge in [-0.1, -0.05) is 19.9 Å². The van der Waals surface area contributed by atoms with Gasteiger partial charge in [0.05, 0.1) is 24.5 Å². The van der Waals surface area contributed by atoms with Gasteiger partial charge in [-0.3, -0.25) is 4.79 Å². The van der Waals surface area contributed by atoms with Crippen LogP contribution in [-0.2, 0) is 20.8 Å². The van der Waals surface area contributed by atoms with Crippen LogP contribution in [0.2, 0.25) is 0 Å². The lowest BCUT2D eigenvalue weighted by Gasteiger charge is -2.37. The predicted molar refractivity (Wildman–Crippen MR) is 101 cm³/mol. The Morgan fingerprint density at radius 1 is 1.35 bits per heavy atom. The van der Waals surface area contributed by atoms with Gasteiger partial charge in [0.2, 0.25) is 5.91 Å². The highest BCUT2D eigenvalue weighted by atomic mass is 19.1. The van der Waals surface area contributed by atoms with E-state index >= 15 is 0 Å². The van der Waals surface area contributed by atoms with Gasteiger partial charge in [-0.15, -0.1) is 0 Å². The number of ether oxygens (including phenoxy) is 2. The highest BCUT2D eigenvalue weighted by Crippen LogP contribution is 2.24. The number of morpholine rings is 1. The molecule has 0 spiro atoms. The zero-order valence-corrected chi connectivity index (χ0v) is 16.3. The first-order valence-corrected chi connectivity index (χ1v) is 9.38. The van der Waals surface area contributed by atoms with Crippen molar-refractivity contribution in [2.75, 3.05) is 31.2 Å². The molecule has 1 aliphatic rings. The molecular formula is C20H31FN2O3. The van der Waals surface area contributed by atoms with E-state index in [4.69, 9.17) is 9.47 Å². The molecule has 146 valence electrons. The number of hydrogen-bond donors (Lipinski definition) is 1. The van der Waals surface area contributed by atoms with Crippen LogP contribution in [0.3, 0.4) is 0 Å². The van der Waals surface area contributed by atoms with Crippen molar-refractivity contribution >= 4 is 11.6 Å². The number of amides is 1. The van der Waals surface area contributed by atoms with E-state index in [1.807, 2.05) is 24.8 Å². The molecule has 6 heteroatoms. The van der Waals surface area contributed by atoms with E-state index in [0.717, 1.165) is 5.56 Å². The maximum Gasteiger partial charge on any atom is 0.222 e. The van der Waals surface area contributed by atoms with Crippen molar-refractivity contribution < 1.29 is 18.7 Å². The molecule has 26 heavy (non-hydrogen) atoms. The number of hydrogen-bond acceptors (Lipinski definition) is 4. The minimum absolute atomic E-state index is 0.0787. The summed E-state index contributed by atoms with van der Waals surface area (Å²) >= 11 is 0. The van der Waals surface area contributed by atoms with Gasteiger partial charge in [0.25, 0.3) is 0 Å². The molecule has 1 heterocycles. The molecule has 0 aromatic heterocycles. The fourth-order valence-electron chi connectivity index (χ4n) is 3.06. The van der Waals surface area contributed by atoms with E-state index in [1.54, 1.807) is 6.07 Å². The topological polar surface area (TPSA) is 50.8 Å². The van der Waals surface area contributed by atoms with Gasteiger partial charge in [-0.2, -0.15) is 0 Å². The minimum atomic E-state index is -0.265. The molecule has 0 bridgehead atoms. The van der Waals surface area contributed by atoms with Gasteiger partial charge < -0.3 is 19.7 Å². The smallest absolute Gasteiger partial charge is 0.222 e. The van der Waals surface area contributed by atoms with Crippen molar-refractivity contribution in [2.45, 2.75) is 52.9 Å². The number of halogens is 1. The number of nitrogens with zero attached hydrogens (tertiary/aromatic N) is 1. The van der Waals surface area contributed by atoms with E-state index in [9.17, 15) is 9.18 Å². The lowest BCUT2D eigenvalue weighted by atomic mass is 10.1. The third-order valence-electron chi connectivity index (χ3n) is 4.19. The number of rotatable bonds is 8. The maximum absolute atomic E-state index is 14.5. The summed E-state index contributed by atoms with van der Waals surface area (Å²) < 4.78 is 25.6. The first-order chi connectivity index (χ1) is 12.3. The number of carbonyl (C=O) groups is 1. The van der Waals surface area contributed by atoms with Crippen LogP contribution in [0.4, 0.5) is 10.1 Å². The van der Waals surface area contributed by atoms with E-state index in [2.05, 4.69) is 19.2 Å². The molecule has 1 N–H and O–H groups in total. The predicted octanol–water partition coefficient (Wildman–Crippen LogP) is 3.12. The van der Waals surface area contributed by atoms with Gasteiger partial charge in [0.1, 0.15) is 5.82 Å². The second kappa shape index (κ2) is 9.88. The Morgan fingerprint density at radius 2 is 2.04 bits per heavy atom. The molecule has 1 aromatic rings. The van der Waals surface area contributed by atoms with Crippen LogP contribution in [0.5, 0.6) is 0 Å². The summed E-state index contributed by atoms with van der Waals surface area (Å²) in [6.07, 6.45) is 0.474. The van der Waals surface area contributed by atoms with E-state index in [0.29, 0.717) is 50.9 Å². The molecule has 1 aromatic carbocycles. The highest BCUT2D eigenvalue weighted by molar-refractivity contribution is 5.75. The third kappa shape index (κ3) is 6.57. The molecule has 1 saturated heterocycles. The summed E-state index contributed by atoms with van der Waals surface area (Å²) in [4.78, 5) is 13.8. The number of nitrogens with one attached hydrogen (secondary N) is 1. The summed E-state index contributed by atoms with van der Waals surface area (Å²) in [5, 5.41) is 2.81. The lowest BCUT2D eigenvalue weighted by molar-refractivity contribution is -0.122. The SMILES string of the molecule is CC(C)COCCC(=O)NCc1ccc(N2C[C@@H](C)O[C@H](C)C2)c(F)c1. The standard InChI is InChI=1S/C20H31FN2O3/c1-14(2)13-25-8-7-20(24)22-10-17-5-6-19(18(21)9-17)23-11-15(3)26-16(4)12-23/h5-6,9,14-16H,7-8,10-13H2,1-4H3,(H,22,24)/t15-,16-/m1/s1. The third-order valence-corrected chi connectivity index (χ3v) is 4.19. The summed E-state index contributed by atoms with van der Waals surface area (Å²) in [6.45, 7) is 10.8. The molecule has 0 unspecified atom stereocenters. The number of anilines is 1. The van der Waals surface area contributed by atoms with Gasteiger partial charge in [0.15, 0.2) is 0 Å². The Kier molecular flexibility index (Phi) is 7.85. The second-order valence-corrected chi connectivity index (χ2v) is 7.44. The molecule has 1 aliphatic heterocycles. The van der Waals surface area contributed by atoms with Crippen LogP contribution in [0.25, 0.3) is 0 Å². The lowest BCUT2D eigenvalue weighted by Crippen LogP contribution is -2.45. The molecule has 2 rings (SSSR count). The first-order valence-electron chi connectivity index (χ1n) is 9.38. The molecule has 0 radical (unpaired) electrons. The van der Waals surface area contributed by atoms with Crippen molar-refractivity contribution in [3.63, 3.8) is 0 Å². The van der Waals surface area contributed by atoms with Gasteiger partial charge in [-0.05, 0) is 37.5 Å². The van der Waals surface area contributed by atoms with Crippen LogP contribution >= 0.6 is 0 Å². The van der Waals surface area contributed by atoms with Crippen molar-refractivity contribution in [2.24, 2.45) is 5.92 Å². The zero-order valence-electron chi connectivity index (χ0n) is 16.3. The van der Waals surface area contributed by atoms with Crippen molar-refractivity contribution in [3.8, 4) is 0 Å². The van der Waals surface area contributed by atoms with Crippen LogP contribution in [0, 0.1) is 11.7 Å². The Morgan fingerprint density at radius 3 is 2.65 bits per heavy atom. The average molecular weight is 366 g/mol.